The Kier molecular flexibility index (Phi) is 4.19. The van der Waals surface area contributed by atoms with Crippen molar-refractivity contribution in [2.75, 3.05) is 11.1 Å². The summed E-state index contributed by atoms with van der Waals surface area (Å²) in [6.45, 7) is 0.335. The normalized spacial score (nSPS) is 10.6. The number of nitrogens with one attached hydrogen (secondary N) is 1. The average Bonchev–Trinajstić information content (AvgIpc) is 2.93. The van der Waals surface area contributed by atoms with Gasteiger partial charge in [0.2, 0.25) is 0 Å². The number of hydrogen-bond acceptors (Lipinski definition) is 4. The molecular weight excluding hydrogens is 316 g/mol. The zero-order valence-electron chi connectivity index (χ0n) is 12.4. The lowest BCUT2D eigenvalue weighted by atomic mass is 10.2. The van der Waals surface area contributed by atoms with Crippen LogP contribution >= 0.6 is 0 Å². The Balaban J connectivity index is 1.80. The fourth-order valence-corrected chi connectivity index (χ4v) is 2.13. The summed E-state index contributed by atoms with van der Waals surface area (Å²) in [5.74, 6) is -2.17. The Bertz CT molecular complexity index is 879. The number of hydrogen-bond donors (Lipinski definition) is 2. The second-order valence-electron chi connectivity index (χ2n) is 5.04. The van der Waals surface area contributed by atoms with Crippen LogP contribution in [0.2, 0.25) is 0 Å². The molecule has 0 saturated heterocycles. The summed E-state index contributed by atoms with van der Waals surface area (Å²) < 4.78 is 28.1. The Morgan fingerprint density at radius 2 is 1.92 bits per heavy atom. The van der Waals surface area contributed by atoms with Crippen LogP contribution in [-0.2, 0) is 6.54 Å². The van der Waals surface area contributed by atoms with Crippen LogP contribution in [0.15, 0.2) is 48.5 Å². The van der Waals surface area contributed by atoms with Crippen molar-refractivity contribution in [3.63, 3.8) is 0 Å². The quantitative estimate of drug-likeness (QED) is 0.770. The third-order valence-corrected chi connectivity index (χ3v) is 3.34. The molecule has 1 aromatic heterocycles. The van der Waals surface area contributed by atoms with Crippen molar-refractivity contribution >= 4 is 17.4 Å². The fourth-order valence-electron chi connectivity index (χ4n) is 2.13. The van der Waals surface area contributed by atoms with Gasteiger partial charge in [-0.1, -0.05) is 35.5 Å². The number of rotatable bonds is 4. The lowest BCUT2D eigenvalue weighted by Gasteiger charge is -2.06. The number of nitrogens with two attached hydrogens (primary N) is 1. The maximum atomic E-state index is 13.6. The molecule has 0 aliphatic heterocycles. The summed E-state index contributed by atoms with van der Waals surface area (Å²) in [6.07, 6.45) is 0. The monoisotopic (exact) mass is 329 g/mol. The van der Waals surface area contributed by atoms with Crippen LogP contribution in [0.3, 0.4) is 0 Å². The van der Waals surface area contributed by atoms with E-state index < -0.39 is 17.5 Å². The number of aromatic nitrogens is 3. The molecule has 3 N–H and O–H groups in total. The third kappa shape index (κ3) is 3.22. The second-order valence-corrected chi connectivity index (χ2v) is 5.04. The average molecular weight is 329 g/mol. The van der Waals surface area contributed by atoms with Crippen LogP contribution in [0.25, 0.3) is 0 Å². The van der Waals surface area contributed by atoms with Crippen molar-refractivity contribution in [3.05, 3.63) is 71.4 Å². The topological polar surface area (TPSA) is 85.8 Å². The van der Waals surface area contributed by atoms with Gasteiger partial charge in [0.05, 0.1) is 12.2 Å². The molecule has 122 valence electrons. The number of carbonyl (C=O) groups excluding carboxylic acids is 1. The number of amides is 1. The minimum atomic E-state index is -0.767. The first-order chi connectivity index (χ1) is 11.5. The molecule has 3 rings (SSSR count). The molecule has 2 aromatic carbocycles. The Morgan fingerprint density at radius 1 is 1.17 bits per heavy atom. The van der Waals surface area contributed by atoms with Crippen LogP contribution in [0.5, 0.6) is 0 Å². The zero-order chi connectivity index (χ0) is 17.1. The molecule has 0 aliphatic rings. The highest BCUT2D eigenvalue weighted by molar-refractivity contribution is 6.05. The van der Waals surface area contributed by atoms with Crippen LogP contribution in [0.4, 0.5) is 20.3 Å². The van der Waals surface area contributed by atoms with Gasteiger partial charge < -0.3 is 11.1 Å². The predicted octanol–water partition coefficient (Wildman–Crippen LogP) is 2.44. The van der Waals surface area contributed by atoms with E-state index >= 15 is 0 Å². The van der Waals surface area contributed by atoms with E-state index in [0.29, 0.717) is 6.54 Å². The molecule has 24 heavy (non-hydrogen) atoms. The highest BCUT2D eigenvalue weighted by Gasteiger charge is 2.19. The molecule has 0 unspecified atom stereocenters. The molecule has 0 bridgehead atoms. The Morgan fingerprint density at radius 3 is 2.67 bits per heavy atom. The summed E-state index contributed by atoms with van der Waals surface area (Å²) in [5, 5.41) is 9.78. The van der Waals surface area contributed by atoms with Crippen LogP contribution in [0.1, 0.15) is 16.1 Å². The minimum Gasteiger partial charge on any atom is -0.382 e. The van der Waals surface area contributed by atoms with Gasteiger partial charge in [-0.3, -0.25) is 4.79 Å². The predicted molar refractivity (Wildman–Crippen MR) is 84.3 cm³/mol. The van der Waals surface area contributed by atoms with E-state index in [9.17, 15) is 13.6 Å². The molecule has 0 spiro atoms. The van der Waals surface area contributed by atoms with E-state index in [-0.39, 0.29) is 17.2 Å². The van der Waals surface area contributed by atoms with Gasteiger partial charge in [-0.15, -0.1) is 5.10 Å². The largest absolute Gasteiger partial charge is 0.382 e. The highest BCUT2D eigenvalue weighted by atomic mass is 19.1. The molecule has 0 aliphatic carbocycles. The summed E-state index contributed by atoms with van der Waals surface area (Å²) in [6, 6.07) is 12.1. The van der Waals surface area contributed by atoms with Crippen molar-refractivity contribution in [2.24, 2.45) is 0 Å². The molecule has 1 heterocycles. The maximum absolute atomic E-state index is 13.6. The van der Waals surface area contributed by atoms with Crippen LogP contribution in [0, 0.1) is 11.6 Å². The summed E-state index contributed by atoms with van der Waals surface area (Å²) in [5.41, 5.74) is 6.36. The highest BCUT2D eigenvalue weighted by Crippen LogP contribution is 2.18. The van der Waals surface area contributed by atoms with Gasteiger partial charge in [0.1, 0.15) is 11.6 Å². The van der Waals surface area contributed by atoms with E-state index in [0.717, 1.165) is 23.8 Å². The van der Waals surface area contributed by atoms with E-state index in [2.05, 4.69) is 15.6 Å². The summed E-state index contributed by atoms with van der Waals surface area (Å²) >= 11 is 0. The zero-order valence-corrected chi connectivity index (χ0v) is 12.4. The lowest BCUT2D eigenvalue weighted by molar-refractivity contribution is 0.102. The third-order valence-electron chi connectivity index (χ3n) is 3.34. The first-order valence-electron chi connectivity index (χ1n) is 7.04. The fraction of sp³-hybridized carbons (Fsp3) is 0.0625. The number of benzene rings is 2. The van der Waals surface area contributed by atoms with Crippen LogP contribution < -0.4 is 11.1 Å². The lowest BCUT2D eigenvalue weighted by Crippen LogP contribution is -2.16. The number of halogens is 2. The molecule has 3 aromatic rings. The molecule has 0 fully saturated rings. The second kappa shape index (κ2) is 6.45. The minimum absolute atomic E-state index is 0.0353. The van der Waals surface area contributed by atoms with Crippen molar-refractivity contribution in [1.82, 2.24) is 15.0 Å². The van der Waals surface area contributed by atoms with Crippen LogP contribution in [-0.4, -0.2) is 20.9 Å². The number of nitrogens with zero attached hydrogens (tertiary/aromatic N) is 3. The first kappa shape index (κ1) is 15.6. The van der Waals surface area contributed by atoms with Gasteiger partial charge in [-0.2, -0.15) is 0 Å². The molecular formula is C16H13F2N5O. The maximum Gasteiger partial charge on any atom is 0.280 e. The van der Waals surface area contributed by atoms with E-state index in [1.165, 1.54) is 4.68 Å². The number of nitrogen functional groups attached to an aromatic ring is 1. The Hall–Kier alpha value is -3.29. The van der Waals surface area contributed by atoms with Gasteiger partial charge in [0.15, 0.2) is 11.5 Å². The molecule has 0 saturated carbocycles. The van der Waals surface area contributed by atoms with E-state index in [1.807, 2.05) is 30.3 Å². The first-order valence-corrected chi connectivity index (χ1v) is 7.04. The summed E-state index contributed by atoms with van der Waals surface area (Å²) in [7, 11) is 0. The van der Waals surface area contributed by atoms with E-state index in [4.69, 9.17) is 5.73 Å². The van der Waals surface area contributed by atoms with E-state index in [1.54, 1.807) is 0 Å². The van der Waals surface area contributed by atoms with Crippen molar-refractivity contribution in [3.8, 4) is 0 Å². The molecule has 1 amide bonds. The smallest absolute Gasteiger partial charge is 0.280 e. The molecule has 0 atom stereocenters. The number of anilines is 2. The van der Waals surface area contributed by atoms with Gasteiger partial charge in [0, 0.05) is 6.07 Å². The Labute approximate surface area is 135 Å². The van der Waals surface area contributed by atoms with Gasteiger partial charge in [-0.25, -0.2) is 13.5 Å². The van der Waals surface area contributed by atoms with Crippen molar-refractivity contribution in [1.29, 1.82) is 0 Å². The summed E-state index contributed by atoms with van der Waals surface area (Å²) in [4.78, 5) is 12.2. The number of carbonyl (C=O) groups is 1. The molecule has 8 heteroatoms. The standard InChI is InChI=1S/C16H13F2N5O/c17-11-6-7-12(18)13(8-11)20-16(24)14-15(19)23(22-21-14)9-10-4-2-1-3-5-10/h1-8H,9,19H2,(H,20,24). The molecule has 0 radical (unpaired) electrons. The van der Waals surface area contributed by atoms with Crippen molar-refractivity contribution in [2.45, 2.75) is 6.54 Å². The van der Waals surface area contributed by atoms with Gasteiger partial charge in [0.25, 0.3) is 5.91 Å². The SMILES string of the molecule is Nc1c(C(=O)Nc2cc(F)ccc2F)nnn1Cc1ccccc1. The molecule has 6 nitrogen and oxygen atoms in total. The van der Waals surface area contributed by atoms with Gasteiger partial charge in [-0.05, 0) is 17.7 Å². The van der Waals surface area contributed by atoms with Gasteiger partial charge >= 0.3 is 0 Å². The van der Waals surface area contributed by atoms with Crippen molar-refractivity contribution < 1.29 is 13.6 Å².